The maximum atomic E-state index is 12.1. The first-order chi connectivity index (χ1) is 8.62. The number of ether oxygens (including phenoxy) is 2. The zero-order valence-corrected chi connectivity index (χ0v) is 11.2. The molecule has 2 aromatic rings. The molecule has 0 spiro atoms. The van der Waals surface area contributed by atoms with Crippen molar-refractivity contribution >= 4 is 22.5 Å². The third kappa shape index (κ3) is 1.93. The Labute approximate surface area is 109 Å². The number of halogens is 1. The minimum Gasteiger partial charge on any atom is -0.494 e. The summed E-state index contributed by atoms with van der Waals surface area (Å²) in [7, 11) is 3.02. The molecule has 0 bridgehead atoms. The molecule has 0 aliphatic heterocycles. The molecule has 1 aromatic carbocycles. The van der Waals surface area contributed by atoms with Gasteiger partial charge < -0.3 is 14.5 Å². The van der Waals surface area contributed by atoms with Crippen molar-refractivity contribution in [1.82, 2.24) is 4.98 Å². The summed E-state index contributed by atoms with van der Waals surface area (Å²) >= 11 is 6.08. The monoisotopic (exact) mass is 267 g/mol. The van der Waals surface area contributed by atoms with Crippen molar-refractivity contribution in [3.05, 3.63) is 33.1 Å². The number of nitrogens with one attached hydrogen (secondary N) is 1. The summed E-state index contributed by atoms with van der Waals surface area (Å²) < 4.78 is 10.5. The van der Waals surface area contributed by atoms with Crippen LogP contribution in [0.4, 0.5) is 0 Å². The Kier molecular flexibility index (Phi) is 3.48. The highest BCUT2D eigenvalue weighted by Gasteiger charge is 2.16. The molecule has 0 saturated heterocycles. The first kappa shape index (κ1) is 12.8. The molecule has 96 valence electrons. The van der Waals surface area contributed by atoms with Gasteiger partial charge in [0.15, 0.2) is 11.2 Å². The Bertz CT molecular complexity index is 649. The van der Waals surface area contributed by atoms with Crippen LogP contribution in [-0.4, -0.2) is 19.2 Å². The first-order valence-electron chi connectivity index (χ1n) is 5.58. The number of hydrogen-bond acceptors (Lipinski definition) is 3. The minimum atomic E-state index is -0.127. The molecule has 0 fully saturated rings. The number of rotatable bonds is 3. The van der Waals surface area contributed by atoms with Gasteiger partial charge in [0.2, 0.25) is 0 Å². The topological polar surface area (TPSA) is 51.3 Å². The van der Waals surface area contributed by atoms with E-state index in [-0.39, 0.29) is 5.43 Å². The Balaban J connectivity index is 2.97. The van der Waals surface area contributed by atoms with E-state index in [0.29, 0.717) is 27.4 Å². The molecule has 1 aromatic heterocycles. The van der Waals surface area contributed by atoms with Gasteiger partial charge in [-0.1, -0.05) is 18.5 Å². The predicted molar refractivity (Wildman–Crippen MR) is 72.1 cm³/mol. The minimum absolute atomic E-state index is 0.127. The zero-order chi connectivity index (χ0) is 13.3. The van der Waals surface area contributed by atoms with Crippen LogP contribution in [0, 0.1) is 0 Å². The fourth-order valence-electron chi connectivity index (χ4n) is 1.95. The number of aromatic amines is 1. The van der Waals surface area contributed by atoms with Crippen molar-refractivity contribution in [3.8, 4) is 11.5 Å². The van der Waals surface area contributed by atoms with E-state index in [2.05, 4.69) is 4.98 Å². The van der Waals surface area contributed by atoms with Crippen LogP contribution < -0.4 is 14.9 Å². The van der Waals surface area contributed by atoms with E-state index in [1.54, 1.807) is 12.1 Å². The highest BCUT2D eigenvalue weighted by Crippen LogP contribution is 2.36. The molecular weight excluding hydrogens is 254 g/mol. The third-order valence-electron chi connectivity index (χ3n) is 2.84. The lowest BCUT2D eigenvalue weighted by Crippen LogP contribution is -2.07. The van der Waals surface area contributed by atoms with Gasteiger partial charge in [-0.05, 0) is 6.42 Å². The van der Waals surface area contributed by atoms with E-state index in [1.165, 1.54) is 14.2 Å². The second-order valence-electron chi connectivity index (χ2n) is 3.86. The van der Waals surface area contributed by atoms with Crippen molar-refractivity contribution in [2.45, 2.75) is 13.3 Å². The SMILES string of the molecule is CCc1cc(=O)c2c(OC)c(Cl)cc(OC)c2[nH]1. The van der Waals surface area contributed by atoms with Gasteiger partial charge in [-0.2, -0.15) is 0 Å². The van der Waals surface area contributed by atoms with Gasteiger partial charge in [0.1, 0.15) is 5.75 Å². The number of hydrogen-bond donors (Lipinski definition) is 1. The largest absolute Gasteiger partial charge is 0.494 e. The van der Waals surface area contributed by atoms with Crippen molar-refractivity contribution in [2.75, 3.05) is 14.2 Å². The second kappa shape index (κ2) is 4.90. The summed E-state index contributed by atoms with van der Waals surface area (Å²) in [6.45, 7) is 1.97. The van der Waals surface area contributed by atoms with Crippen molar-refractivity contribution in [2.24, 2.45) is 0 Å². The van der Waals surface area contributed by atoms with Crippen molar-refractivity contribution in [3.63, 3.8) is 0 Å². The highest BCUT2D eigenvalue weighted by molar-refractivity contribution is 6.33. The van der Waals surface area contributed by atoms with E-state index in [9.17, 15) is 4.79 Å². The summed E-state index contributed by atoms with van der Waals surface area (Å²) in [4.78, 5) is 15.3. The lowest BCUT2D eigenvalue weighted by molar-refractivity contribution is 0.409. The molecule has 0 aliphatic carbocycles. The summed E-state index contributed by atoms with van der Waals surface area (Å²) in [6.07, 6.45) is 0.735. The van der Waals surface area contributed by atoms with Crippen molar-refractivity contribution < 1.29 is 9.47 Å². The Hall–Kier alpha value is -1.68. The molecule has 0 radical (unpaired) electrons. The Morgan fingerprint density at radius 3 is 2.56 bits per heavy atom. The van der Waals surface area contributed by atoms with Gasteiger partial charge in [0.25, 0.3) is 0 Å². The lowest BCUT2D eigenvalue weighted by Gasteiger charge is -2.12. The van der Waals surface area contributed by atoms with Crippen LogP contribution in [-0.2, 0) is 6.42 Å². The Morgan fingerprint density at radius 1 is 1.28 bits per heavy atom. The van der Waals surface area contributed by atoms with Gasteiger partial charge in [-0.3, -0.25) is 4.79 Å². The number of fused-ring (bicyclic) bond motifs is 1. The quantitative estimate of drug-likeness (QED) is 0.930. The number of aromatic nitrogens is 1. The van der Waals surface area contributed by atoms with Crippen LogP contribution >= 0.6 is 11.6 Å². The molecule has 1 N–H and O–H groups in total. The van der Waals surface area contributed by atoms with E-state index in [4.69, 9.17) is 21.1 Å². The summed E-state index contributed by atoms with van der Waals surface area (Å²) in [5, 5.41) is 0.774. The highest BCUT2D eigenvalue weighted by atomic mass is 35.5. The van der Waals surface area contributed by atoms with E-state index in [1.807, 2.05) is 6.92 Å². The summed E-state index contributed by atoms with van der Waals surface area (Å²) in [5.41, 5.74) is 1.33. The molecule has 0 amide bonds. The lowest BCUT2D eigenvalue weighted by atomic mass is 10.1. The zero-order valence-electron chi connectivity index (χ0n) is 10.5. The van der Waals surface area contributed by atoms with Crippen LogP contribution in [0.15, 0.2) is 16.9 Å². The maximum absolute atomic E-state index is 12.1. The van der Waals surface area contributed by atoms with Gasteiger partial charge in [-0.15, -0.1) is 0 Å². The van der Waals surface area contributed by atoms with Crippen LogP contribution in [0.2, 0.25) is 5.02 Å². The third-order valence-corrected chi connectivity index (χ3v) is 3.12. The normalized spacial score (nSPS) is 10.7. The fraction of sp³-hybridized carbons (Fsp3) is 0.308. The summed E-state index contributed by atoms with van der Waals surface area (Å²) in [5.74, 6) is 0.902. The molecular formula is C13H14ClNO3. The number of benzene rings is 1. The van der Waals surface area contributed by atoms with E-state index in [0.717, 1.165) is 12.1 Å². The van der Waals surface area contributed by atoms with Gasteiger partial charge in [0.05, 0.1) is 30.1 Å². The molecule has 5 heteroatoms. The smallest absolute Gasteiger partial charge is 0.193 e. The van der Waals surface area contributed by atoms with Crippen LogP contribution in [0.1, 0.15) is 12.6 Å². The molecule has 18 heavy (non-hydrogen) atoms. The standard InChI is InChI=1S/C13H14ClNO3/c1-4-7-5-9(16)11-12(15-7)10(17-2)6-8(14)13(11)18-3/h5-6H,4H2,1-3H3,(H,15,16). The average Bonchev–Trinajstić information content (AvgIpc) is 2.38. The molecule has 0 atom stereocenters. The molecule has 0 aliphatic rings. The second-order valence-corrected chi connectivity index (χ2v) is 4.26. The van der Waals surface area contributed by atoms with E-state index >= 15 is 0 Å². The van der Waals surface area contributed by atoms with E-state index < -0.39 is 0 Å². The maximum Gasteiger partial charge on any atom is 0.193 e. The molecule has 4 nitrogen and oxygen atoms in total. The number of pyridine rings is 1. The number of H-pyrrole nitrogens is 1. The summed E-state index contributed by atoms with van der Waals surface area (Å²) in [6, 6.07) is 3.19. The van der Waals surface area contributed by atoms with Gasteiger partial charge >= 0.3 is 0 Å². The first-order valence-corrected chi connectivity index (χ1v) is 5.96. The Morgan fingerprint density at radius 2 is 2.00 bits per heavy atom. The number of methoxy groups -OCH3 is 2. The molecule has 2 rings (SSSR count). The molecule has 1 heterocycles. The van der Waals surface area contributed by atoms with Crippen LogP contribution in [0.25, 0.3) is 10.9 Å². The predicted octanol–water partition coefficient (Wildman–Crippen LogP) is 2.76. The fourth-order valence-corrected chi connectivity index (χ4v) is 2.22. The van der Waals surface area contributed by atoms with Gasteiger partial charge in [-0.25, -0.2) is 0 Å². The van der Waals surface area contributed by atoms with Gasteiger partial charge in [0, 0.05) is 17.8 Å². The molecule has 0 saturated carbocycles. The van der Waals surface area contributed by atoms with Crippen LogP contribution in [0.3, 0.4) is 0 Å². The molecule has 0 unspecified atom stereocenters. The average molecular weight is 268 g/mol. The number of aryl methyl sites for hydroxylation is 1. The van der Waals surface area contributed by atoms with Crippen molar-refractivity contribution in [1.29, 1.82) is 0 Å². The van der Waals surface area contributed by atoms with Crippen LogP contribution in [0.5, 0.6) is 11.5 Å².